The number of nitrogens with zero attached hydrogens (tertiary/aromatic N) is 3. The first-order valence-electron chi connectivity index (χ1n) is 8.80. The first-order valence-corrected chi connectivity index (χ1v) is 8.80. The van der Waals surface area contributed by atoms with Gasteiger partial charge in [0.2, 0.25) is 0 Å². The van der Waals surface area contributed by atoms with Crippen LogP contribution in [-0.4, -0.2) is 59.4 Å². The van der Waals surface area contributed by atoms with E-state index in [1.54, 1.807) is 34.3 Å². The molecule has 1 aromatic carbocycles. The number of amides is 2. The van der Waals surface area contributed by atoms with Crippen LogP contribution in [0.1, 0.15) is 22.3 Å². The molecule has 0 N–H and O–H groups in total. The second-order valence-electron chi connectivity index (χ2n) is 6.37. The molecule has 6 heteroatoms. The Bertz CT molecular complexity index is 747. The Labute approximate surface area is 153 Å². The van der Waals surface area contributed by atoms with Crippen LogP contribution in [0.2, 0.25) is 0 Å². The van der Waals surface area contributed by atoms with Gasteiger partial charge in [-0.25, -0.2) is 0 Å². The third-order valence-corrected chi connectivity index (χ3v) is 4.43. The van der Waals surface area contributed by atoms with Gasteiger partial charge in [-0.3, -0.25) is 14.6 Å². The molecule has 0 saturated carbocycles. The Morgan fingerprint density at radius 2 is 1.77 bits per heavy atom. The summed E-state index contributed by atoms with van der Waals surface area (Å²) in [6.45, 7) is 4.32. The molecule has 0 unspecified atom stereocenters. The van der Waals surface area contributed by atoms with Gasteiger partial charge in [-0.2, -0.15) is 0 Å². The van der Waals surface area contributed by atoms with Gasteiger partial charge in [0.05, 0.1) is 5.56 Å². The molecular formula is C20H23N3O3. The maximum absolute atomic E-state index is 12.5. The Hall–Kier alpha value is -2.89. The number of ether oxygens (including phenoxy) is 1. The van der Waals surface area contributed by atoms with E-state index >= 15 is 0 Å². The van der Waals surface area contributed by atoms with Crippen molar-refractivity contribution in [3.05, 3.63) is 59.9 Å². The van der Waals surface area contributed by atoms with Gasteiger partial charge in [0, 0.05) is 38.6 Å². The summed E-state index contributed by atoms with van der Waals surface area (Å²) >= 11 is 0. The average Bonchev–Trinajstić information content (AvgIpc) is 2.94. The van der Waals surface area contributed by atoms with Crippen molar-refractivity contribution in [1.82, 2.24) is 14.8 Å². The monoisotopic (exact) mass is 353 g/mol. The van der Waals surface area contributed by atoms with Gasteiger partial charge in [-0.1, -0.05) is 17.7 Å². The second-order valence-corrected chi connectivity index (χ2v) is 6.37. The smallest absolute Gasteiger partial charge is 0.260 e. The predicted molar refractivity (Wildman–Crippen MR) is 98.0 cm³/mol. The lowest BCUT2D eigenvalue weighted by Gasteiger charge is -2.22. The van der Waals surface area contributed by atoms with Crippen LogP contribution >= 0.6 is 0 Å². The molecule has 0 bridgehead atoms. The maximum Gasteiger partial charge on any atom is 0.260 e. The number of aromatic nitrogens is 1. The number of carbonyl (C=O) groups excluding carboxylic acids is 2. The predicted octanol–water partition coefficient (Wildman–Crippen LogP) is 2.14. The van der Waals surface area contributed by atoms with Crippen molar-refractivity contribution in [2.75, 3.05) is 32.8 Å². The fraction of sp³-hybridized carbons (Fsp3) is 0.350. The maximum atomic E-state index is 12.5. The average molecular weight is 353 g/mol. The number of hydrogen-bond donors (Lipinski definition) is 0. The molecule has 1 saturated heterocycles. The molecule has 2 amide bonds. The summed E-state index contributed by atoms with van der Waals surface area (Å²) in [4.78, 5) is 32.5. The molecule has 2 heterocycles. The van der Waals surface area contributed by atoms with Gasteiger partial charge < -0.3 is 14.5 Å². The van der Waals surface area contributed by atoms with Crippen molar-refractivity contribution < 1.29 is 14.3 Å². The van der Waals surface area contributed by atoms with Gasteiger partial charge in [-0.15, -0.1) is 0 Å². The third-order valence-electron chi connectivity index (χ3n) is 4.43. The van der Waals surface area contributed by atoms with Crippen LogP contribution in [-0.2, 0) is 4.79 Å². The zero-order valence-corrected chi connectivity index (χ0v) is 14.9. The van der Waals surface area contributed by atoms with Gasteiger partial charge in [-0.05, 0) is 37.6 Å². The van der Waals surface area contributed by atoms with E-state index in [4.69, 9.17) is 4.74 Å². The van der Waals surface area contributed by atoms with E-state index in [9.17, 15) is 9.59 Å². The zero-order chi connectivity index (χ0) is 18.4. The molecule has 0 radical (unpaired) electrons. The van der Waals surface area contributed by atoms with E-state index in [0.29, 0.717) is 37.5 Å². The lowest BCUT2D eigenvalue weighted by molar-refractivity contribution is -0.133. The van der Waals surface area contributed by atoms with Crippen LogP contribution in [0.15, 0.2) is 48.8 Å². The number of pyridine rings is 1. The third kappa shape index (κ3) is 4.59. The van der Waals surface area contributed by atoms with Crippen LogP contribution in [0.5, 0.6) is 5.75 Å². The topological polar surface area (TPSA) is 62.7 Å². The lowest BCUT2D eigenvalue weighted by Crippen LogP contribution is -2.39. The van der Waals surface area contributed by atoms with E-state index in [1.165, 1.54) is 0 Å². The van der Waals surface area contributed by atoms with Crippen molar-refractivity contribution in [2.45, 2.75) is 13.3 Å². The summed E-state index contributed by atoms with van der Waals surface area (Å²) in [6, 6.07) is 11.1. The van der Waals surface area contributed by atoms with Crippen molar-refractivity contribution in [2.24, 2.45) is 0 Å². The fourth-order valence-corrected chi connectivity index (χ4v) is 2.91. The standard InChI is InChI=1S/C20H23N3O3/c1-16-5-7-18(8-6-16)26-15-19(24)22-10-3-11-23(13-12-22)20(25)17-4-2-9-21-14-17/h2,4-9,14H,3,10-13,15H2,1H3. The lowest BCUT2D eigenvalue weighted by atomic mass is 10.2. The fourth-order valence-electron chi connectivity index (χ4n) is 2.91. The number of rotatable bonds is 4. The minimum atomic E-state index is -0.0544. The van der Waals surface area contributed by atoms with E-state index in [2.05, 4.69) is 4.98 Å². The van der Waals surface area contributed by atoms with Crippen molar-refractivity contribution in [3.8, 4) is 5.75 Å². The largest absolute Gasteiger partial charge is 0.484 e. The first kappa shape index (κ1) is 17.9. The van der Waals surface area contributed by atoms with Crippen LogP contribution < -0.4 is 4.74 Å². The van der Waals surface area contributed by atoms with E-state index in [-0.39, 0.29) is 18.4 Å². The van der Waals surface area contributed by atoms with Gasteiger partial charge in [0.1, 0.15) is 5.75 Å². The summed E-state index contributed by atoms with van der Waals surface area (Å²) in [5.74, 6) is 0.594. The molecule has 0 aliphatic carbocycles. The summed E-state index contributed by atoms with van der Waals surface area (Å²) < 4.78 is 5.58. The molecule has 0 atom stereocenters. The zero-order valence-electron chi connectivity index (χ0n) is 14.9. The molecule has 1 aromatic heterocycles. The minimum Gasteiger partial charge on any atom is -0.484 e. The Morgan fingerprint density at radius 3 is 2.50 bits per heavy atom. The van der Waals surface area contributed by atoms with Gasteiger partial charge in [0.25, 0.3) is 11.8 Å². The molecule has 26 heavy (non-hydrogen) atoms. The van der Waals surface area contributed by atoms with Gasteiger partial charge in [0.15, 0.2) is 6.61 Å². The number of benzene rings is 1. The summed E-state index contributed by atoms with van der Waals surface area (Å²) in [7, 11) is 0. The molecule has 6 nitrogen and oxygen atoms in total. The Balaban J connectivity index is 1.52. The molecular weight excluding hydrogens is 330 g/mol. The van der Waals surface area contributed by atoms with Crippen molar-refractivity contribution in [1.29, 1.82) is 0 Å². The molecule has 1 fully saturated rings. The van der Waals surface area contributed by atoms with Crippen LogP contribution in [0.3, 0.4) is 0 Å². The Kier molecular flexibility index (Phi) is 5.84. The molecule has 1 aliphatic rings. The van der Waals surface area contributed by atoms with Crippen molar-refractivity contribution >= 4 is 11.8 Å². The molecule has 3 rings (SSSR count). The number of hydrogen-bond acceptors (Lipinski definition) is 4. The Morgan fingerprint density at radius 1 is 1.04 bits per heavy atom. The molecule has 0 spiro atoms. The highest BCUT2D eigenvalue weighted by atomic mass is 16.5. The summed E-state index contributed by atoms with van der Waals surface area (Å²) in [5.41, 5.74) is 1.73. The summed E-state index contributed by atoms with van der Waals surface area (Å²) in [5, 5.41) is 0. The second kappa shape index (κ2) is 8.47. The van der Waals surface area contributed by atoms with E-state index in [0.717, 1.165) is 12.0 Å². The van der Waals surface area contributed by atoms with E-state index in [1.807, 2.05) is 31.2 Å². The molecule has 1 aliphatic heterocycles. The number of carbonyl (C=O) groups is 2. The molecule has 136 valence electrons. The highest BCUT2D eigenvalue weighted by Gasteiger charge is 2.23. The minimum absolute atomic E-state index is 0.0135. The van der Waals surface area contributed by atoms with Crippen LogP contribution in [0.25, 0.3) is 0 Å². The van der Waals surface area contributed by atoms with Crippen molar-refractivity contribution in [3.63, 3.8) is 0 Å². The first-order chi connectivity index (χ1) is 12.6. The number of aryl methyl sites for hydroxylation is 1. The highest BCUT2D eigenvalue weighted by molar-refractivity contribution is 5.94. The quantitative estimate of drug-likeness (QED) is 0.845. The molecule has 2 aromatic rings. The SMILES string of the molecule is Cc1ccc(OCC(=O)N2CCCN(C(=O)c3cccnc3)CC2)cc1. The van der Waals surface area contributed by atoms with Crippen LogP contribution in [0, 0.1) is 6.92 Å². The van der Waals surface area contributed by atoms with Gasteiger partial charge >= 0.3 is 0 Å². The van der Waals surface area contributed by atoms with E-state index < -0.39 is 0 Å². The highest BCUT2D eigenvalue weighted by Crippen LogP contribution is 2.12. The normalized spacial score (nSPS) is 14.7. The van der Waals surface area contributed by atoms with Crippen LogP contribution in [0.4, 0.5) is 0 Å². The summed E-state index contributed by atoms with van der Waals surface area (Å²) in [6.07, 6.45) is 3.97.